The molecule has 0 fully saturated rings. The predicted octanol–water partition coefficient (Wildman–Crippen LogP) is 2.56. The van der Waals surface area contributed by atoms with E-state index in [1.54, 1.807) is 17.4 Å². The smallest absolute Gasteiger partial charge is 0.338 e. The van der Waals surface area contributed by atoms with Crippen molar-refractivity contribution in [3.05, 3.63) is 52.0 Å². The standard InChI is InChI=1S/C14H16N2O2S/c1-16(8-12-9-19-10-15-12)7-11-5-3-4-6-13(11)14(17)18-2/h3-6,9-10H,7-8H2,1-2H3. The summed E-state index contributed by atoms with van der Waals surface area (Å²) in [4.78, 5) is 18.1. The van der Waals surface area contributed by atoms with Gasteiger partial charge in [-0.1, -0.05) is 18.2 Å². The summed E-state index contributed by atoms with van der Waals surface area (Å²) in [5.74, 6) is -0.294. The largest absolute Gasteiger partial charge is 0.465 e. The van der Waals surface area contributed by atoms with Gasteiger partial charge >= 0.3 is 5.97 Å². The molecule has 1 heterocycles. The molecule has 4 nitrogen and oxygen atoms in total. The minimum absolute atomic E-state index is 0.294. The summed E-state index contributed by atoms with van der Waals surface area (Å²) in [6, 6.07) is 7.51. The number of esters is 1. The molecule has 2 rings (SSSR count). The maximum atomic E-state index is 11.7. The number of rotatable bonds is 5. The number of carbonyl (C=O) groups is 1. The van der Waals surface area contributed by atoms with Gasteiger partial charge in [-0.05, 0) is 18.7 Å². The molecule has 0 aliphatic heterocycles. The van der Waals surface area contributed by atoms with Crippen molar-refractivity contribution in [3.63, 3.8) is 0 Å². The Balaban J connectivity index is 2.08. The number of benzene rings is 1. The number of hydrogen-bond acceptors (Lipinski definition) is 5. The summed E-state index contributed by atoms with van der Waals surface area (Å²) in [6.07, 6.45) is 0. The van der Waals surface area contributed by atoms with E-state index in [4.69, 9.17) is 4.74 Å². The van der Waals surface area contributed by atoms with Crippen LogP contribution in [0.3, 0.4) is 0 Å². The Morgan fingerprint density at radius 3 is 2.84 bits per heavy atom. The highest BCUT2D eigenvalue weighted by molar-refractivity contribution is 7.07. The van der Waals surface area contributed by atoms with E-state index in [1.165, 1.54) is 7.11 Å². The Bertz CT molecular complexity index is 540. The van der Waals surface area contributed by atoms with Crippen LogP contribution in [0, 0.1) is 0 Å². The SMILES string of the molecule is COC(=O)c1ccccc1CN(C)Cc1cscn1. The number of aromatic nitrogens is 1. The summed E-state index contributed by atoms with van der Waals surface area (Å²) in [5.41, 5.74) is 4.45. The molecule has 0 aliphatic carbocycles. The Morgan fingerprint density at radius 2 is 2.16 bits per heavy atom. The molecule has 0 unspecified atom stereocenters. The number of ether oxygens (including phenoxy) is 1. The molecule has 0 radical (unpaired) electrons. The van der Waals surface area contributed by atoms with Crippen LogP contribution in [0.2, 0.25) is 0 Å². The van der Waals surface area contributed by atoms with Crippen LogP contribution in [0.5, 0.6) is 0 Å². The topological polar surface area (TPSA) is 42.4 Å². The average molecular weight is 276 g/mol. The predicted molar refractivity (Wildman–Crippen MR) is 75.1 cm³/mol. The van der Waals surface area contributed by atoms with Gasteiger partial charge in [-0.2, -0.15) is 0 Å². The Hall–Kier alpha value is -1.72. The summed E-state index contributed by atoms with van der Waals surface area (Å²) < 4.78 is 4.80. The molecule has 1 aromatic carbocycles. The lowest BCUT2D eigenvalue weighted by atomic mass is 10.1. The monoisotopic (exact) mass is 276 g/mol. The highest BCUT2D eigenvalue weighted by Crippen LogP contribution is 2.14. The van der Waals surface area contributed by atoms with E-state index >= 15 is 0 Å². The lowest BCUT2D eigenvalue weighted by Gasteiger charge is -2.17. The van der Waals surface area contributed by atoms with Gasteiger partial charge in [-0.15, -0.1) is 11.3 Å². The molecule has 0 N–H and O–H groups in total. The van der Waals surface area contributed by atoms with Gasteiger partial charge in [0.15, 0.2) is 0 Å². The van der Waals surface area contributed by atoms with E-state index in [2.05, 4.69) is 9.88 Å². The number of nitrogens with zero attached hydrogens (tertiary/aromatic N) is 2. The van der Waals surface area contributed by atoms with Crippen molar-refractivity contribution in [3.8, 4) is 0 Å². The normalized spacial score (nSPS) is 10.7. The van der Waals surface area contributed by atoms with Crippen molar-refractivity contribution in [1.82, 2.24) is 9.88 Å². The average Bonchev–Trinajstić information content (AvgIpc) is 2.91. The van der Waals surface area contributed by atoms with Crippen molar-refractivity contribution >= 4 is 17.3 Å². The summed E-state index contributed by atoms with van der Waals surface area (Å²) in [7, 11) is 3.41. The van der Waals surface area contributed by atoms with Gasteiger partial charge in [-0.3, -0.25) is 4.90 Å². The van der Waals surface area contributed by atoms with E-state index in [0.717, 1.165) is 17.8 Å². The second-order valence-electron chi connectivity index (χ2n) is 4.30. The molecular weight excluding hydrogens is 260 g/mol. The van der Waals surface area contributed by atoms with E-state index in [9.17, 15) is 4.79 Å². The van der Waals surface area contributed by atoms with Gasteiger partial charge in [0.25, 0.3) is 0 Å². The van der Waals surface area contributed by atoms with Crippen molar-refractivity contribution in [2.24, 2.45) is 0 Å². The van der Waals surface area contributed by atoms with Gasteiger partial charge < -0.3 is 4.74 Å². The Morgan fingerprint density at radius 1 is 1.37 bits per heavy atom. The Labute approximate surface area is 116 Å². The minimum atomic E-state index is -0.294. The number of carbonyl (C=O) groups excluding carboxylic acids is 1. The van der Waals surface area contributed by atoms with E-state index < -0.39 is 0 Å². The van der Waals surface area contributed by atoms with Crippen molar-refractivity contribution in [2.75, 3.05) is 14.2 Å². The van der Waals surface area contributed by atoms with Crippen LogP contribution in [0.25, 0.3) is 0 Å². The van der Waals surface area contributed by atoms with Crippen molar-refractivity contribution < 1.29 is 9.53 Å². The molecule has 1 aromatic heterocycles. The molecule has 0 atom stereocenters. The van der Waals surface area contributed by atoms with Gasteiger partial charge in [0.2, 0.25) is 0 Å². The van der Waals surface area contributed by atoms with Crippen LogP contribution in [-0.2, 0) is 17.8 Å². The lowest BCUT2D eigenvalue weighted by molar-refractivity contribution is 0.0598. The van der Waals surface area contributed by atoms with E-state index in [0.29, 0.717) is 12.1 Å². The first-order chi connectivity index (χ1) is 9.20. The van der Waals surface area contributed by atoms with Gasteiger partial charge in [0, 0.05) is 18.5 Å². The molecular formula is C14H16N2O2S. The Kier molecular flexibility index (Phi) is 4.65. The second-order valence-corrected chi connectivity index (χ2v) is 5.02. The summed E-state index contributed by atoms with van der Waals surface area (Å²) in [5, 5.41) is 2.03. The van der Waals surface area contributed by atoms with Crippen LogP contribution in [0.4, 0.5) is 0 Å². The van der Waals surface area contributed by atoms with Crippen LogP contribution < -0.4 is 0 Å². The zero-order chi connectivity index (χ0) is 13.7. The first-order valence-electron chi connectivity index (χ1n) is 5.92. The fourth-order valence-electron chi connectivity index (χ4n) is 1.91. The number of thiazole rings is 1. The second kappa shape index (κ2) is 6.45. The molecule has 0 amide bonds. The van der Waals surface area contributed by atoms with Crippen LogP contribution >= 0.6 is 11.3 Å². The molecule has 0 spiro atoms. The number of hydrogen-bond donors (Lipinski definition) is 0. The van der Waals surface area contributed by atoms with Gasteiger partial charge in [0.05, 0.1) is 23.9 Å². The van der Waals surface area contributed by atoms with Crippen molar-refractivity contribution in [1.29, 1.82) is 0 Å². The third-order valence-corrected chi connectivity index (χ3v) is 3.41. The molecule has 0 bridgehead atoms. The molecule has 2 aromatic rings. The molecule has 19 heavy (non-hydrogen) atoms. The third-order valence-electron chi connectivity index (χ3n) is 2.78. The van der Waals surface area contributed by atoms with Crippen LogP contribution in [0.15, 0.2) is 35.2 Å². The third kappa shape index (κ3) is 3.62. The lowest BCUT2D eigenvalue weighted by Crippen LogP contribution is -2.19. The van der Waals surface area contributed by atoms with Crippen LogP contribution in [0.1, 0.15) is 21.6 Å². The van der Waals surface area contributed by atoms with Crippen molar-refractivity contribution in [2.45, 2.75) is 13.1 Å². The first-order valence-corrected chi connectivity index (χ1v) is 6.87. The molecule has 100 valence electrons. The van der Waals surface area contributed by atoms with E-state index in [1.807, 2.05) is 36.1 Å². The highest BCUT2D eigenvalue weighted by atomic mass is 32.1. The quantitative estimate of drug-likeness (QED) is 0.787. The zero-order valence-corrected chi connectivity index (χ0v) is 11.8. The zero-order valence-electron chi connectivity index (χ0n) is 11.0. The number of methoxy groups -OCH3 is 1. The fraction of sp³-hybridized carbons (Fsp3) is 0.286. The van der Waals surface area contributed by atoms with Crippen LogP contribution in [-0.4, -0.2) is 30.0 Å². The summed E-state index contributed by atoms with van der Waals surface area (Å²) >= 11 is 1.59. The van der Waals surface area contributed by atoms with E-state index in [-0.39, 0.29) is 5.97 Å². The fourth-order valence-corrected chi connectivity index (χ4v) is 2.46. The maximum absolute atomic E-state index is 11.7. The van der Waals surface area contributed by atoms with Gasteiger partial charge in [0.1, 0.15) is 0 Å². The molecule has 0 aliphatic rings. The summed E-state index contributed by atoms with van der Waals surface area (Å²) in [6.45, 7) is 1.45. The van der Waals surface area contributed by atoms with Gasteiger partial charge in [-0.25, -0.2) is 9.78 Å². The molecule has 0 saturated carbocycles. The molecule has 5 heteroatoms. The highest BCUT2D eigenvalue weighted by Gasteiger charge is 2.12. The first kappa shape index (κ1) is 13.7. The maximum Gasteiger partial charge on any atom is 0.338 e. The molecule has 0 saturated heterocycles. The minimum Gasteiger partial charge on any atom is -0.465 e.